The summed E-state index contributed by atoms with van der Waals surface area (Å²) in [5, 5.41) is 10.1. The van der Waals surface area contributed by atoms with Crippen molar-refractivity contribution in [3.63, 3.8) is 0 Å². The molecule has 0 saturated heterocycles. The lowest BCUT2D eigenvalue weighted by atomic mass is 10.4. The van der Waals surface area contributed by atoms with Gasteiger partial charge in [0.05, 0.1) is 19.6 Å². The third-order valence-corrected chi connectivity index (χ3v) is 1.25. The first-order valence-electron chi connectivity index (χ1n) is 4.25. The molecule has 0 aromatic rings. The van der Waals surface area contributed by atoms with Gasteiger partial charge >= 0.3 is 0 Å². The maximum absolute atomic E-state index is 10.1. The molecule has 0 amide bonds. The third kappa shape index (κ3) is 7.11. The fourth-order valence-electron chi connectivity index (χ4n) is 0.728. The summed E-state index contributed by atoms with van der Waals surface area (Å²) in [7, 11) is 0. The minimum atomic E-state index is -0.376. The van der Waals surface area contributed by atoms with E-state index in [-0.39, 0.29) is 17.9 Å². The average molecular weight is 189 g/mol. The molecule has 0 aromatic heterocycles. The SMILES string of the molecule is CCOC=C(CC[N+](=O)[O-])OCC. The highest BCUT2D eigenvalue weighted by atomic mass is 16.6. The van der Waals surface area contributed by atoms with Crippen molar-refractivity contribution in [1.82, 2.24) is 0 Å². The summed E-state index contributed by atoms with van der Waals surface area (Å²) in [5.74, 6) is 0.529. The average Bonchev–Trinajstić information content (AvgIpc) is 2.09. The minimum absolute atomic E-state index is 0.126. The third-order valence-electron chi connectivity index (χ3n) is 1.25. The van der Waals surface area contributed by atoms with Crippen LogP contribution in [0.4, 0.5) is 0 Å². The zero-order valence-corrected chi connectivity index (χ0v) is 7.99. The largest absolute Gasteiger partial charge is 0.498 e. The minimum Gasteiger partial charge on any atom is -0.498 e. The van der Waals surface area contributed by atoms with E-state index >= 15 is 0 Å². The first-order valence-corrected chi connectivity index (χ1v) is 4.25. The zero-order valence-electron chi connectivity index (χ0n) is 7.99. The van der Waals surface area contributed by atoms with Crippen LogP contribution in [0.3, 0.4) is 0 Å². The lowest BCUT2D eigenvalue weighted by Gasteiger charge is -2.05. The van der Waals surface area contributed by atoms with E-state index in [9.17, 15) is 10.1 Å². The van der Waals surface area contributed by atoms with E-state index in [0.29, 0.717) is 19.0 Å². The van der Waals surface area contributed by atoms with Crippen molar-refractivity contribution in [2.45, 2.75) is 20.3 Å². The molecule has 13 heavy (non-hydrogen) atoms. The smallest absolute Gasteiger partial charge is 0.211 e. The van der Waals surface area contributed by atoms with Crippen LogP contribution >= 0.6 is 0 Å². The summed E-state index contributed by atoms with van der Waals surface area (Å²) in [6.45, 7) is 4.57. The van der Waals surface area contributed by atoms with Gasteiger partial charge in [0, 0.05) is 4.92 Å². The van der Waals surface area contributed by atoms with Gasteiger partial charge in [0.25, 0.3) is 0 Å². The summed E-state index contributed by atoms with van der Waals surface area (Å²) in [4.78, 5) is 9.69. The number of nitrogens with zero attached hydrogens (tertiary/aromatic N) is 1. The van der Waals surface area contributed by atoms with Crippen molar-refractivity contribution in [3.05, 3.63) is 22.1 Å². The highest BCUT2D eigenvalue weighted by Crippen LogP contribution is 2.03. The normalized spacial score (nSPS) is 11.1. The standard InChI is InChI=1S/C8H15NO4/c1-3-12-7-8(13-4-2)5-6-9(10)11/h7H,3-6H2,1-2H3. The number of ether oxygens (including phenoxy) is 2. The van der Waals surface area contributed by atoms with Gasteiger partial charge in [-0.15, -0.1) is 0 Å². The maximum Gasteiger partial charge on any atom is 0.211 e. The van der Waals surface area contributed by atoms with Crippen molar-refractivity contribution in [2.75, 3.05) is 19.8 Å². The Balaban J connectivity index is 3.85. The molecule has 0 fully saturated rings. The summed E-state index contributed by atoms with van der Waals surface area (Å²) in [6, 6.07) is 0. The van der Waals surface area contributed by atoms with Crippen LogP contribution in [0.25, 0.3) is 0 Å². The number of hydrogen-bond donors (Lipinski definition) is 0. The Kier molecular flexibility index (Phi) is 6.68. The van der Waals surface area contributed by atoms with E-state index in [1.54, 1.807) is 0 Å². The Morgan fingerprint density at radius 2 is 2.15 bits per heavy atom. The molecule has 76 valence electrons. The van der Waals surface area contributed by atoms with Gasteiger partial charge in [-0.2, -0.15) is 0 Å². The van der Waals surface area contributed by atoms with Crippen LogP contribution in [0.5, 0.6) is 0 Å². The highest BCUT2D eigenvalue weighted by Gasteiger charge is 2.03. The first kappa shape index (κ1) is 11.7. The molecule has 0 aliphatic carbocycles. The van der Waals surface area contributed by atoms with Crippen LogP contribution in [0, 0.1) is 10.1 Å². The van der Waals surface area contributed by atoms with E-state index in [1.807, 2.05) is 13.8 Å². The molecule has 0 bridgehead atoms. The molecule has 0 radical (unpaired) electrons. The second kappa shape index (κ2) is 7.39. The summed E-state index contributed by atoms with van der Waals surface area (Å²) in [5.41, 5.74) is 0. The molecule has 0 unspecified atom stereocenters. The van der Waals surface area contributed by atoms with E-state index in [2.05, 4.69) is 0 Å². The van der Waals surface area contributed by atoms with Crippen LogP contribution in [0.2, 0.25) is 0 Å². The molecule has 5 heteroatoms. The zero-order chi connectivity index (χ0) is 10.1. The fourth-order valence-corrected chi connectivity index (χ4v) is 0.728. The first-order chi connectivity index (χ1) is 6.20. The van der Waals surface area contributed by atoms with Gasteiger partial charge in [0.1, 0.15) is 12.0 Å². The number of nitro groups is 1. The second-order valence-electron chi connectivity index (χ2n) is 2.28. The van der Waals surface area contributed by atoms with Crippen LogP contribution < -0.4 is 0 Å². The summed E-state index contributed by atoms with van der Waals surface area (Å²) in [6.07, 6.45) is 1.72. The van der Waals surface area contributed by atoms with Crippen LogP contribution in [-0.2, 0) is 9.47 Å². The van der Waals surface area contributed by atoms with E-state index in [4.69, 9.17) is 9.47 Å². The Hall–Kier alpha value is -1.26. The van der Waals surface area contributed by atoms with Crippen molar-refractivity contribution in [1.29, 1.82) is 0 Å². The maximum atomic E-state index is 10.1. The number of rotatable bonds is 7. The van der Waals surface area contributed by atoms with E-state index < -0.39 is 0 Å². The van der Waals surface area contributed by atoms with Crippen molar-refractivity contribution in [2.24, 2.45) is 0 Å². The summed E-state index contributed by atoms with van der Waals surface area (Å²) >= 11 is 0. The van der Waals surface area contributed by atoms with Crippen molar-refractivity contribution in [3.8, 4) is 0 Å². The molecule has 0 rings (SSSR count). The van der Waals surface area contributed by atoms with Crippen molar-refractivity contribution >= 4 is 0 Å². The molecule has 5 nitrogen and oxygen atoms in total. The molecular weight excluding hydrogens is 174 g/mol. The Morgan fingerprint density at radius 1 is 1.46 bits per heavy atom. The summed E-state index contributed by atoms with van der Waals surface area (Å²) < 4.78 is 10.1. The van der Waals surface area contributed by atoms with Crippen LogP contribution in [0.1, 0.15) is 20.3 Å². The predicted octanol–water partition coefficient (Wildman–Crippen LogP) is 1.57. The molecule has 0 aromatic carbocycles. The van der Waals surface area contributed by atoms with E-state index in [1.165, 1.54) is 6.26 Å². The Morgan fingerprint density at radius 3 is 2.62 bits per heavy atom. The molecular formula is C8H15NO4. The molecule has 0 spiro atoms. The van der Waals surface area contributed by atoms with E-state index in [0.717, 1.165) is 0 Å². The van der Waals surface area contributed by atoms with Gasteiger partial charge < -0.3 is 9.47 Å². The molecule has 0 saturated carbocycles. The van der Waals surface area contributed by atoms with Crippen molar-refractivity contribution < 1.29 is 14.4 Å². The quantitative estimate of drug-likeness (QED) is 0.346. The highest BCUT2D eigenvalue weighted by molar-refractivity contribution is 4.87. The van der Waals surface area contributed by atoms with Crippen LogP contribution in [0.15, 0.2) is 12.0 Å². The van der Waals surface area contributed by atoms with Crippen LogP contribution in [-0.4, -0.2) is 24.7 Å². The van der Waals surface area contributed by atoms with Gasteiger partial charge in [0.2, 0.25) is 6.54 Å². The second-order valence-corrected chi connectivity index (χ2v) is 2.28. The topological polar surface area (TPSA) is 61.6 Å². The monoisotopic (exact) mass is 189 g/mol. The van der Waals surface area contributed by atoms with Gasteiger partial charge in [0.15, 0.2) is 0 Å². The molecule has 0 atom stereocenters. The molecule has 0 aliphatic heterocycles. The molecule has 0 heterocycles. The van der Waals surface area contributed by atoms with Gasteiger partial charge in [-0.05, 0) is 13.8 Å². The predicted molar refractivity (Wildman–Crippen MR) is 47.8 cm³/mol. The lowest BCUT2D eigenvalue weighted by molar-refractivity contribution is -0.479. The molecule has 0 N–H and O–H groups in total. The van der Waals surface area contributed by atoms with Gasteiger partial charge in [-0.25, -0.2) is 0 Å². The lowest BCUT2D eigenvalue weighted by Crippen LogP contribution is -2.04. The Labute approximate surface area is 77.5 Å². The number of hydrogen-bond acceptors (Lipinski definition) is 4. The fraction of sp³-hybridized carbons (Fsp3) is 0.750. The molecule has 0 aliphatic rings. The van der Waals surface area contributed by atoms with Gasteiger partial charge in [-0.1, -0.05) is 0 Å². The Bertz CT molecular complexity index is 179. The van der Waals surface area contributed by atoms with Gasteiger partial charge in [-0.3, -0.25) is 10.1 Å².